The lowest BCUT2D eigenvalue weighted by Gasteiger charge is -2.10. The normalized spacial score (nSPS) is 12.4. The van der Waals surface area contributed by atoms with E-state index in [-0.39, 0.29) is 34.3 Å². The number of aromatic nitrogens is 1. The van der Waals surface area contributed by atoms with E-state index in [1.165, 1.54) is 38.4 Å². The zero-order valence-corrected chi connectivity index (χ0v) is 18.9. The molecule has 160 valence electrons. The summed E-state index contributed by atoms with van der Waals surface area (Å²) in [6.07, 6.45) is 0.210. The fourth-order valence-electron chi connectivity index (χ4n) is 2.68. The zero-order valence-electron chi connectivity index (χ0n) is 16.4. The molecular weight excluding hydrogens is 446 g/mol. The van der Waals surface area contributed by atoms with Gasteiger partial charge in [0.25, 0.3) is 0 Å². The summed E-state index contributed by atoms with van der Waals surface area (Å²) >= 11 is 1.16. The van der Waals surface area contributed by atoms with Gasteiger partial charge in [-0.2, -0.15) is 0 Å². The van der Waals surface area contributed by atoms with Gasteiger partial charge in [0.05, 0.1) is 25.8 Å². The molecule has 0 atom stereocenters. The molecule has 0 unspecified atom stereocenters. The van der Waals surface area contributed by atoms with Gasteiger partial charge < -0.3 is 5.32 Å². The lowest BCUT2D eigenvalue weighted by atomic mass is 10.3. The minimum atomic E-state index is -3.56. The minimum Gasteiger partial charge on any atom is -0.302 e. The number of thiazole rings is 1. The van der Waals surface area contributed by atoms with Crippen molar-refractivity contribution >= 4 is 52.5 Å². The van der Waals surface area contributed by atoms with E-state index >= 15 is 0 Å². The molecule has 0 fully saturated rings. The number of carbonyl (C=O) groups is 1. The van der Waals surface area contributed by atoms with Gasteiger partial charge in [-0.05, 0) is 36.8 Å². The van der Waals surface area contributed by atoms with Crippen molar-refractivity contribution in [1.29, 1.82) is 0 Å². The predicted octanol–water partition coefficient (Wildman–Crippen LogP) is 2.74. The largest absolute Gasteiger partial charge is 0.302 e. The molecular formula is C19H21N3O5S3. The van der Waals surface area contributed by atoms with E-state index in [4.69, 9.17) is 0 Å². The second kappa shape index (κ2) is 8.80. The third kappa shape index (κ3) is 5.04. The van der Waals surface area contributed by atoms with E-state index in [0.717, 1.165) is 15.6 Å². The number of rotatable bonds is 8. The molecule has 1 heterocycles. The molecule has 1 amide bonds. The molecule has 0 aliphatic carbocycles. The maximum Gasteiger partial charge on any atom is 0.242 e. The molecule has 0 spiro atoms. The van der Waals surface area contributed by atoms with E-state index in [1.807, 2.05) is 0 Å². The monoisotopic (exact) mass is 467 g/mol. The number of fused-ring (bicyclic) bond motifs is 1. The third-order valence-electron chi connectivity index (χ3n) is 4.30. The van der Waals surface area contributed by atoms with Crippen molar-refractivity contribution in [1.82, 2.24) is 9.29 Å². The molecule has 2 aromatic carbocycles. The number of sulfone groups is 1. The Morgan fingerprint density at radius 1 is 1.03 bits per heavy atom. The molecule has 1 aromatic heterocycles. The summed E-state index contributed by atoms with van der Waals surface area (Å²) in [7, 11) is -4.08. The van der Waals surface area contributed by atoms with Crippen LogP contribution in [0.15, 0.2) is 58.3 Å². The van der Waals surface area contributed by atoms with Crippen LogP contribution in [0.5, 0.6) is 0 Å². The van der Waals surface area contributed by atoms with E-state index in [2.05, 4.69) is 10.3 Å². The molecule has 0 aliphatic rings. The van der Waals surface area contributed by atoms with Gasteiger partial charge >= 0.3 is 0 Å². The quantitative estimate of drug-likeness (QED) is 0.545. The molecule has 30 heavy (non-hydrogen) atoms. The van der Waals surface area contributed by atoms with Crippen molar-refractivity contribution in [3.8, 4) is 0 Å². The number of hydrogen-bond donors (Lipinski definition) is 1. The van der Waals surface area contributed by atoms with Crippen LogP contribution in [0, 0.1) is 0 Å². The first kappa shape index (κ1) is 22.3. The summed E-state index contributed by atoms with van der Waals surface area (Å²) in [5.41, 5.74) is 0.569. The number of anilines is 1. The average Bonchev–Trinajstić information content (AvgIpc) is 3.09. The Labute approximate surface area is 179 Å². The zero-order chi connectivity index (χ0) is 21.9. The second-order valence-corrected chi connectivity index (χ2v) is 12.0. The van der Waals surface area contributed by atoms with Crippen molar-refractivity contribution in [2.24, 2.45) is 0 Å². The fraction of sp³-hybridized carbons (Fsp3) is 0.263. The Morgan fingerprint density at radius 3 is 2.40 bits per heavy atom. The van der Waals surface area contributed by atoms with Crippen LogP contribution < -0.4 is 5.32 Å². The molecule has 0 saturated carbocycles. The number of carbonyl (C=O) groups excluding carboxylic acids is 1. The van der Waals surface area contributed by atoms with Crippen molar-refractivity contribution < 1.29 is 21.6 Å². The van der Waals surface area contributed by atoms with Gasteiger partial charge in [0, 0.05) is 20.5 Å². The summed E-state index contributed by atoms with van der Waals surface area (Å²) in [5.74, 6) is -0.478. The SMILES string of the molecule is CN(C)S(=O)(=O)c1ccc2nc(NC(=O)CCCS(=O)(=O)c3ccccc3)sc2c1. The number of amides is 1. The molecule has 3 rings (SSSR count). The number of nitrogens with zero attached hydrogens (tertiary/aromatic N) is 2. The van der Waals surface area contributed by atoms with Crippen LogP contribution in [0.4, 0.5) is 5.13 Å². The lowest BCUT2D eigenvalue weighted by Crippen LogP contribution is -2.22. The molecule has 1 N–H and O–H groups in total. The van der Waals surface area contributed by atoms with E-state index in [9.17, 15) is 21.6 Å². The van der Waals surface area contributed by atoms with Crippen LogP contribution in [0.25, 0.3) is 10.2 Å². The Hall–Kier alpha value is -2.34. The topological polar surface area (TPSA) is 114 Å². The Kier molecular flexibility index (Phi) is 6.56. The van der Waals surface area contributed by atoms with Gasteiger partial charge in [-0.3, -0.25) is 4.79 Å². The Morgan fingerprint density at radius 2 is 1.73 bits per heavy atom. The maximum absolute atomic E-state index is 12.3. The first-order valence-corrected chi connectivity index (χ1v) is 12.9. The van der Waals surface area contributed by atoms with Gasteiger partial charge in [0.2, 0.25) is 15.9 Å². The van der Waals surface area contributed by atoms with E-state index in [0.29, 0.717) is 15.3 Å². The van der Waals surface area contributed by atoms with Crippen molar-refractivity contribution in [2.75, 3.05) is 25.2 Å². The third-order valence-corrected chi connectivity index (χ3v) is 8.87. The summed E-state index contributed by atoms with van der Waals surface area (Å²) in [6.45, 7) is 0. The smallest absolute Gasteiger partial charge is 0.242 e. The Balaban J connectivity index is 1.63. The highest BCUT2D eigenvalue weighted by molar-refractivity contribution is 7.91. The first-order chi connectivity index (χ1) is 14.1. The van der Waals surface area contributed by atoms with Gasteiger partial charge in [-0.15, -0.1) is 0 Å². The van der Waals surface area contributed by atoms with Crippen LogP contribution in [0.3, 0.4) is 0 Å². The van der Waals surface area contributed by atoms with Crippen LogP contribution in [0.2, 0.25) is 0 Å². The average molecular weight is 468 g/mol. The van der Waals surface area contributed by atoms with Gasteiger partial charge in [0.1, 0.15) is 0 Å². The van der Waals surface area contributed by atoms with Crippen LogP contribution >= 0.6 is 11.3 Å². The molecule has 0 radical (unpaired) electrons. The highest BCUT2D eigenvalue weighted by atomic mass is 32.2. The van der Waals surface area contributed by atoms with Crippen LogP contribution in [0.1, 0.15) is 12.8 Å². The molecule has 8 nitrogen and oxygen atoms in total. The highest BCUT2D eigenvalue weighted by Crippen LogP contribution is 2.29. The number of sulfonamides is 1. The molecule has 0 aliphatic heterocycles. The fourth-order valence-corrected chi connectivity index (χ4v) is 5.94. The summed E-state index contributed by atoms with van der Waals surface area (Å²) in [5, 5.41) is 2.99. The number of nitrogens with one attached hydrogen (secondary N) is 1. The van der Waals surface area contributed by atoms with Crippen molar-refractivity contribution in [3.63, 3.8) is 0 Å². The van der Waals surface area contributed by atoms with E-state index in [1.54, 1.807) is 24.3 Å². The molecule has 0 bridgehead atoms. The Bertz CT molecular complexity index is 1270. The van der Waals surface area contributed by atoms with Crippen molar-refractivity contribution in [3.05, 3.63) is 48.5 Å². The van der Waals surface area contributed by atoms with E-state index < -0.39 is 19.9 Å². The standard InChI is InChI=1S/C19H21N3O5S3/c1-22(2)30(26,27)15-10-11-16-17(13-15)28-19(20-16)21-18(23)9-6-12-29(24,25)14-7-4-3-5-8-14/h3-5,7-8,10-11,13H,6,9,12H2,1-2H3,(H,20,21,23). The number of benzene rings is 2. The van der Waals surface area contributed by atoms with Crippen molar-refractivity contribution in [2.45, 2.75) is 22.6 Å². The maximum atomic E-state index is 12.3. The predicted molar refractivity (Wildman–Crippen MR) is 117 cm³/mol. The van der Waals surface area contributed by atoms with Gasteiger partial charge in [-0.1, -0.05) is 29.5 Å². The highest BCUT2D eigenvalue weighted by Gasteiger charge is 2.19. The second-order valence-electron chi connectivity index (χ2n) is 6.72. The molecule has 11 heteroatoms. The lowest BCUT2D eigenvalue weighted by molar-refractivity contribution is -0.116. The first-order valence-electron chi connectivity index (χ1n) is 9.00. The summed E-state index contributed by atoms with van der Waals surface area (Å²) < 4.78 is 50.8. The minimum absolute atomic E-state index is 0.0300. The van der Waals surface area contributed by atoms with Crippen LogP contribution in [-0.2, 0) is 24.7 Å². The molecule has 0 saturated heterocycles. The number of hydrogen-bond acceptors (Lipinski definition) is 7. The summed E-state index contributed by atoms with van der Waals surface area (Å²) in [4.78, 5) is 16.9. The molecule has 3 aromatic rings. The summed E-state index contributed by atoms with van der Waals surface area (Å²) in [6, 6.07) is 12.7. The van der Waals surface area contributed by atoms with Crippen LogP contribution in [-0.4, -0.2) is 51.9 Å². The van der Waals surface area contributed by atoms with Gasteiger partial charge in [-0.25, -0.2) is 26.1 Å². The van der Waals surface area contributed by atoms with Gasteiger partial charge in [0.15, 0.2) is 15.0 Å².